The molecule has 0 unspecified atom stereocenters. The molecule has 0 spiro atoms. The van der Waals surface area contributed by atoms with Crippen molar-refractivity contribution in [3.63, 3.8) is 0 Å². The van der Waals surface area contributed by atoms with Crippen LogP contribution in [0.5, 0.6) is 5.75 Å². The maximum atomic E-state index is 5.16. The minimum Gasteiger partial charge on any atom is -0.497 e. The Morgan fingerprint density at radius 2 is 1.86 bits per heavy atom. The highest BCUT2D eigenvalue weighted by molar-refractivity contribution is 9.10. The van der Waals surface area contributed by atoms with Crippen LogP contribution < -0.4 is 4.74 Å². The Bertz CT molecular complexity index is 417. The molecule has 3 heteroatoms. The quantitative estimate of drug-likeness (QED) is 0.813. The van der Waals surface area contributed by atoms with Gasteiger partial charge in [0.05, 0.1) is 13.4 Å². The van der Waals surface area contributed by atoms with Crippen LogP contribution in [0.3, 0.4) is 0 Å². The third kappa shape index (κ3) is 1.68. The first-order valence-electron chi connectivity index (χ1n) is 4.18. The van der Waals surface area contributed by atoms with Gasteiger partial charge in [0.15, 0.2) is 4.67 Å². The van der Waals surface area contributed by atoms with Gasteiger partial charge in [-0.15, -0.1) is 0 Å². The molecule has 1 aromatic carbocycles. The molecule has 2 rings (SSSR count). The van der Waals surface area contributed by atoms with Gasteiger partial charge in [0, 0.05) is 5.56 Å². The second-order valence-corrected chi connectivity index (χ2v) is 3.56. The lowest BCUT2D eigenvalue weighted by Crippen LogP contribution is -1.81. The second kappa shape index (κ2) is 3.88. The summed E-state index contributed by atoms with van der Waals surface area (Å²) in [5, 5.41) is 0. The molecule has 0 amide bonds. The SMILES string of the molecule is COc1ccc(-c2ccoc2Br)cc1. The predicted octanol–water partition coefficient (Wildman–Crippen LogP) is 3.72. The summed E-state index contributed by atoms with van der Waals surface area (Å²) >= 11 is 3.34. The summed E-state index contributed by atoms with van der Waals surface area (Å²) < 4.78 is 11.0. The summed E-state index contributed by atoms with van der Waals surface area (Å²) in [5.74, 6) is 0.855. The van der Waals surface area contributed by atoms with Crippen molar-refractivity contribution in [1.82, 2.24) is 0 Å². The van der Waals surface area contributed by atoms with E-state index in [0.29, 0.717) is 0 Å². The van der Waals surface area contributed by atoms with E-state index in [0.717, 1.165) is 21.5 Å². The van der Waals surface area contributed by atoms with Gasteiger partial charge in [-0.2, -0.15) is 0 Å². The predicted molar refractivity (Wildman–Crippen MR) is 58.4 cm³/mol. The van der Waals surface area contributed by atoms with Crippen LogP contribution in [0, 0.1) is 0 Å². The minimum absolute atomic E-state index is 0.752. The third-order valence-corrected chi connectivity index (χ3v) is 2.63. The molecule has 2 nitrogen and oxygen atoms in total. The van der Waals surface area contributed by atoms with Crippen LogP contribution in [-0.2, 0) is 0 Å². The molecular formula is C11H9BrO2. The monoisotopic (exact) mass is 252 g/mol. The van der Waals surface area contributed by atoms with Gasteiger partial charge in [-0.1, -0.05) is 12.1 Å². The van der Waals surface area contributed by atoms with Gasteiger partial charge in [0.2, 0.25) is 0 Å². The van der Waals surface area contributed by atoms with Gasteiger partial charge in [-0.3, -0.25) is 0 Å². The molecule has 0 bridgehead atoms. The first-order chi connectivity index (χ1) is 6.81. The molecule has 0 aliphatic heterocycles. The zero-order chi connectivity index (χ0) is 9.97. The lowest BCUT2D eigenvalue weighted by molar-refractivity contribution is 0.415. The Labute approximate surface area is 90.6 Å². The largest absolute Gasteiger partial charge is 0.497 e. The van der Waals surface area contributed by atoms with Crippen molar-refractivity contribution in [2.45, 2.75) is 0 Å². The van der Waals surface area contributed by atoms with E-state index < -0.39 is 0 Å². The number of rotatable bonds is 2. The maximum Gasteiger partial charge on any atom is 0.176 e. The maximum absolute atomic E-state index is 5.16. The van der Waals surface area contributed by atoms with Crippen molar-refractivity contribution in [3.05, 3.63) is 41.3 Å². The van der Waals surface area contributed by atoms with Crippen LogP contribution in [0.1, 0.15) is 0 Å². The molecule has 72 valence electrons. The van der Waals surface area contributed by atoms with E-state index in [4.69, 9.17) is 9.15 Å². The molecule has 0 N–H and O–H groups in total. The first kappa shape index (κ1) is 9.34. The Morgan fingerprint density at radius 3 is 2.36 bits per heavy atom. The zero-order valence-electron chi connectivity index (χ0n) is 7.66. The van der Waals surface area contributed by atoms with Crippen molar-refractivity contribution in [3.8, 4) is 16.9 Å². The van der Waals surface area contributed by atoms with Gasteiger partial charge in [-0.05, 0) is 39.7 Å². The molecule has 1 heterocycles. The molecular weight excluding hydrogens is 244 g/mol. The smallest absolute Gasteiger partial charge is 0.176 e. The van der Waals surface area contributed by atoms with Gasteiger partial charge in [-0.25, -0.2) is 0 Å². The highest BCUT2D eigenvalue weighted by Crippen LogP contribution is 2.30. The second-order valence-electron chi connectivity index (χ2n) is 2.84. The Balaban J connectivity index is 2.39. The summed E-state index contributed by atoms with van der Waals surface area (Å²) in [7, 11) is 1.66. The Morgan fingerprint density at radius 1 is 1.14 bits per heavy atom. The molecule has 14 heavy (non-hydrogen) atoms. The van der Waals surface area contributed by atoms with E-state index in [-0.39, 0.29) is 0 Å². The van der Waals surface area contributed by atoms with Crippen molar-refractivity contribution >= 4 is 15.9 Å². The number of ether oxygens (including phenoxy) is 1. The van der Waals surface area contributed by atoms with Crippen molar-refractivity contribution in [1.29, 1.82) is 0 Å². The van der Waals surface area contributed by atoms with Crippen LogP contribution in [0.2, 0.25) is 0 Å². The number of furan rings is 1. The zero-order valence-corrected chi connectivity index (χ0v) is 9.24. The molecule has 0 aliphatic rings. The molecule has 1 aromatic heterocycles. The summed E-state index contributed by atoms with van der Waals surface area (Å²) in [4.78, 5) is 0. The normalized spacial score (nSPS) is 10.1. The third-order valence-electron chi connectivity index (χ3n) is 2.02. The van der Waals surface area contributed by atoms with Crippen molar-refractivity contribution in [2.75, 3.05) is 7.11 Å². The number of benzene rings is 1. The van der Waals surface area contributed by atoms with E-state index in [1.165, 1.54) is 0 Å². The number of halogens is 1. The summed E-state index contributed by atoms with van der Waals surface area (Å²) in [6.45, 7) is 0. The standard InChI is InChI=1S/C11H9BrO2/c1-13-9-4-2-8(3-5-9)10-6-7-14-11(10)12/h2-7H,1H3. The fourth-order valence-electron chi connectivity index (χ4n) is 1.27. The fraction of sp³-hybridized carbons (Fsp3) is 0.0909. The highest BCUT2D eigenvalue weighted by Gasteiger charge is 2.05. The highest BCUT2D eigenvalue weighted by atomic mass is 79.9. The topological polar surface area (TPSA) is 22.4 Å². The summed E-state index contributed by atoms with van der Waals surface area (Å²) in [6.07, 6.45) is 1.66. The minimum atomic E-state index is 0.752. The van der Waals surface area contributed by atoms with E-state index in [1.54, 1.807) is 13.4 Å². The molecule has 2 aromatic rings. The molecule has 0 aliphatic carbocycles. The van der Waals surface area contributed by atoms with Gasteiger partial charge >= 0.3 is 0 Å². The van der Waals surface area contributed by atoms with Crippen molar-refractivity contribution in [2.24, 2.45) is 0 Å². The number of hydrogen-bond donors (Lipinski definition) is 0. The molecule has 0 saturated carbocycles. The Hall–Kier alpha value is -1.22. The van der Waals surface area contributed by atoms with Gasteiger partial charge < -0.3 is 9.15 Å². The van der Waals surface area contributed by atoms with Crippen LogP contribution >= 0.6 is 15.9 Å². The lowest BCUT2D eigenvalue weighted by Gasteiger charge is -2.01. The van der Waals surface area contributed by atoms with Crippen LogP contribution in [0.15, 0.2) is 45.7 Å². The van der Waals surface area contributed by atoms with Gasteiger partial charge in [0.25, 0.3) is 0 Å². The Kier molecular flexibility index (Phi) is 2.59. The average molecular weight is 253 g/mol. The van der Waals surface area contributed by atoms with E-state index in [2.05, 4.69) is 15.9 Å². The van der Waals surface area contributed by atoms with E-state index >= 15 is 0 Å². The summed E-state index contributed by atoms with van der Waals surface area (Å²) in [6, 6.07) is 9.76. The number of methoxy groups -OCH3 is 1. The van der Waals surface area contributed by atoms with Gasteiger partial charge in [0.1, 0.15) is 5.75 Å². The van der Waals surface area contributed by atoms with E-state index in [9.17, 15) is 0 Å². The average Bonchev–Trinajstić information content (AvgIpc) is 2.65. The molecule has 0 atom stereocenters. The van der Waals surface area contributed by atoms with Crippen LogP contribution in [-0.4, -0.2) is 7.11 Å². The first-order valence-corrected chi connectivity index (χ1v) is 4.98. The lowest BCUT2D eigenvalue weighted by atomic mass is 10.1. The molecule has 0 saturated heterocycles. The van der Waals surface area contributed by atoms with Crippen LogP contribution in [0.4, 0.5) is 0 Å². The molecule has 0 radical (unpaired) electrons. The number of hydrogen-bond acceptors (Lipinski definition) is 2. The fourth-order valence-corrected chi connectivity index (χ4v) is 1.74. The van der Waals surface area contributed by atoms with E-state index in [1.807, 2.05) is 30.3 Å². The molecule has 0 fully saturated rings. The van der Waals surface area contributed by atoms with Crippen LogP contribution in [0.25, 0.3) is 11.1 Å². The summed E-state index contributed by atoms with van der Waals surface area (Å²) in [5.41, 5.74) is 2.15. The van der Waals surface area contributed by atoms with Crippen molar-refractivity contribution < 1.29 is 9.15 Å².